The van der Waals surface area contributed by atoms with Crippen LogP contribution in [0.1, 0.15) is 17.4 Å². The first-order valence-electron chi connectivity index (χ1n) is 5.03. The van der Waals surface area contributed by atoms with Crippen LogP contribution in [-0.4, -0.2) is 4.98 Å². The summed E-state index contributed by atoms with van der Waals surface area (Å²) in [5.74, 6) is 0. The van der Waals surface area contributed by atoms with Gasteiger partial charge in [0.2, 0.25) is 0 Å². The Kier molecular flexibility index (Phi) is 3.67. The highest BCUT2D eigenvalue weighted by molar-refractivity contribution is 9.10. The van der Waals surface area contributed by atoms with Crippen LogP contribution in [0.25, 0.3) is 11.3 Å². The van der Waals surface area contributed by atoms with Crippen molar-refractivity contribution in [1.82, 2.24) is 4.98 Å². The van der Waals surface area contributed by atoms with Crippen molar-refractivity contribution in [2.24, 2.45) is 0 Å². The molecule has 0 amide bonds. The Balaban J connectivity index is 2.61. The number of aryl methyl sites for hydroxylation is 2. The molecule has 2 aromatic rings. The van der Waals surface area contributed by atoms with Gasteiger partial charge in [0.25, 0.3) is 0 Å². The number of thiazole rings is 1. The molecule has 1 heterocycles. The summed E-state index contributed by atoms with van der Waals surface area (Å²) < 4.78 is 1.69. The molecule has 0 aliphatic heterocycles. The Morgan fingerprint density at radius 2 is 2.19 bits per heavy atom. The standard InChI is InChI=1S/C12H11BrClNS/c1-3-10-11(15-12(14)16-10)9-6-8(13)5-4-7(9)2/h4-6H,3H2,1-2H3. The van der Waals surface area contributed by atoms with Crippen LogP contribution in [0.4, 0.5) is 0 Å². The fourth-order valence-corrected chi connectivity index (χ4v) is 3.08. The van der Waals surface area contributed by atoms with Crippen LogP contribution in [-0.2, 0) is 6.42 Å². The van der Waals surface area contributed by atoms with Gasteiger partial charge < -0.3 is 0 Å². The number of hydrogen-bond acceptors (Lipinski definition) is 2. The Bertz CT molecular complexity index is 522. The third-order valence-electron chi connectivity index (χ3n) is 2.45. The van der Waals surface area contributed by atoms with Gasteiger partial charge in [-0.25, -0.2) is 4.98 Å². The van der Waals surface area contributed by atoms with Gasteiger partial charge in [0.05, 0.1) is 5.69 Å². The summed E-state index contributed by atoms with van der Waals surface area (Å²) in [6.07, 6.45) is 0.964. The molecule has 1 nitrogen and oxygen atoms in total. The average Bonchev–Trinajstić information content (AvgIpc) is 2.63. The molecule has 0 spiro atoms. The van der Waals surface area contributed by atoms with Crippen LogP contribution in [0.2, 0.25) is 4.47 Å². The summed E-state index contributed by atoms with van der Waals surface area (Å²) in [6.45, 7) is 4.22. The maximum Gasteiger partial charge on any atom is 0.184 e. The van der Waals surface area contributed by atoms with E-state index in [0.717, 1.165) is 22.2 Å². The van der Waals surface area contributed by atoms with Gasteiger partial charge in [-0.2, -0.15) is 0 Å². The minimum absolute atomic E-state index is 0.617. The lowest BCUT2D eigenvalue weighted by Gasteiger charge is -2.05. The molecule has 0 fully saturated rings. The highest BCUT2D eigenvalue weighted by atomic mass is 79.9. The van der Waals surface area contributed by atoms with E-state index in [1.165, 1.54) is 10.4 Å². The monoisotopic (exact) mass is 315 g/mol. The van der Waals surface area contributed by atoms with Gasteiger partial charge in [-0.05, 0) is 31.0 Å². The molecule has 0 atom stereocenters. The summed E-state index contributed by atoms with van der Waals surface area (Å²) >= 11 is 11.0. The first kappa shape index (κ1) is 12.1. The van der Waals surface area contributed by atoms with E-state index in [-0.39, 0.29) is 0 Å². The van der Waals surface area contributed by atoms with Crippen LogP contribution in [0.3, 0.4) is 0 Å². The Hall–Kier alpha value is -0.380. The molecule has 0 bridgehead atoms. The summed E-state index contributed by atoms with van der Waals surface area (Å²) in [4.78, 5) is 5.66. The van der Waals surface area contributed by atoms with Crippen LogP contribution in [0, 0.1) is 6.92 Å². The fourth-order valence-electron chi connectivity index (χ4n) is 1.62. The topological polar surface area (TPSA) is 12.9 Å². The molecule has 1 aromatic carbocycles. The number of halogens is 2. The quantitative estimate of drug-likeness (QED) is 0.751. The van der Waals surface area contributed by atoms with Crippen molar-refractivity contribution in [3.8, 4) is 11.3 Å². The molecular weight excluding hydrogens is 306 g/mol. The van der Waals surface area contributed by atoms with E-state index < -0.39 is 0 Å². The lowest BCUT2D eigenvalue weighted by molar-refractivity contribution is 1.17. The molecule has 4 heteroatoms. The number of aromatic nitrogens is 1. The third-order valence-corrected chi connectivity index (χ3v) is 4.24. The fraction of sp³-hybridized carbons (Fsp3) is 0.250. The summed E-state index contributed by atoms with van der Waals surface area (Å²) in [7, 11) is 0. The Labute approximate surface area is 113 Å². The van der Waals surface area contributed by atoms with Crippen molar-refractivity contribution in [3.05, 3.63) is 37.6 Å². The van der Waals surface area contributed by atoms with E-state index in [4.69, 9.17) is 11.6 Å². The van der Waals surface area contributed by atoms with Gasteiger partial charge in [-0.3, -0.25) is 0 Å². The average molecular weight is 317 g/mol. The highest BCUT2D eigenvalue weighted by Gasteiger charge is 2.12. The minimum Gasteiger partial charge on any atom is -0.225 e. The van der Waals surface area contributed by atoms with E-state index in [9.17, 15) is 0 Å². The number of rotatable bonds is 2. The predicted octanol–water partition coefficient (Wildman–Crippen LogP) is 5.10. The molecule has 84 valence electrons. The first-order valence-corrected chi connectivity index (χ1v) is 7.02. The van der Waals surface area contributed by atoms with Gasteiger partial charge in [-0.1, -0.05) is 40.5 Å². The maximum atomic E-state index is 5.98. The molecule has 0 N–H and O–H groups in total. The molecule has 0 saturated carbocycles. The lowest BCUT2D eigenvalue weighted by Crippen LogP contribution is -1.87. The van der Waals surface area contributed by atoms with Gasteiger partial charge in [0.1, 0.15) is 0 Å². The molecule has 1 aromatic heterocycles. The lowest BCUT2D eigenvalue weighted by atomic mass is 10.0. The van der Waals surface area contributed by atoms with Crippen LogP contribution in [0.5, 0.6) is 0 Å². The third kappa shape index (κ3) is 2.31. The molecule has 0 unspecified atom stereocenters. The largest absolute Gasteiger partial charge is 0.225 e. The zero-order chi connectivity index (χ0) is 11.7. The Morgan fingerprint density at radius 1 is 1.44 bits per heavy atom. The highest BCUT2D eigenvalue weighted by Crippen LogP contribution is 2.34. The number of nitrogens with zero attached hydrogens (tertiary/aromatic N) is 1. The van der Waals surface area contributed by atoms with Crippen molar-refractivity contribution in [3.63, 3.8) is 0 Å². The second-order valence-electron chi connectivity index (χ2n) is 3.55. The van der Waals surface area contributed by atoms with Gasteiger partial charge in [-0.15, -0.1) is 11.3 Å². The van der Waals surface area contributed by atoms with Gasteiger partial charge in [0.15, 0.2) is 4.47 Å². The van der Waals surface area contributed by atoms with Gasteiger partial charge in [0, 0.05) is 14.9 Å². The normalized spacial score (nSPS) is 10.8. The van der Waals surface area contributed by atoms with E-state index in [1.54, 1.807) is 11.3 Å². The predicted molar refractivity (Wildman–Crippen MR) is 74.4 cm³/mol. The summed E-state index contributed by atoms with van der Waals surface area (Å²) in [6, 6.07) is 6.23. The van der Waals surface area contributed by atoms with Crippen molar-refractivity contribution in [2.45, 2.75) is 20.3 Å². The van der Waals surface area contributed by atoms with E-state index in [1.807, 2.05) is 6.07 Å². The molecular formula is C12H11BrClNS. The van der Waals surface area contributed by atoms with Crippen molar-refractivity contribution >= 4 is 38.9 Å². The van der Waals surface area contributed by atoms with Gasteiger partial charge >= 0.3 is 0 Å². The molecule has 0 saturated heterocycles. The number of benzene rings is 1. The molecule has 2 rings (SSSR count). The zero-order valence-corrected chi connectivity index (χ0v) is 12.2. The maximum absolute atomic E-state index is 5.98. The summed E-state index contributed by atoms with van der Waals surface area (Å²) in [5.41, 5.74) is 3.41. The summed E-state index contributed by atoms with van der Waals surface area (Å²) in [5, 5.41) is 0. The molecule has 0 aliphatic rings. The second kappa shape index (κ2) is 4.86. The first-order chi connectivity index (χ1) is 7.61. The second-order valence-corrected chi connectivity index (χ2v) is 6.13. The van der Waals surface area contributed by atoms with Crippen LogP contribution in [0.15, 0.2) is 22.7 Å². The van der Waals surface area contributed by atoms with Crippen molar-refractivity contribution < 1.29 is 0 Å². The number of hydrogen-bond donors (Lipinski definition) is 0. The Morgan fingerprint density at radius 3 is 2.88 bits per heavy atom. The van der Waals surface area contributed by atoms with Crippen molar-refractivity contribution in [1.29, 1.82) is 0 Å². The van der Waals surface area contributed by atoms with E-state index in [0.29, 0.717) is 4.47 Å². The smallest absolute Gasteiger partial charge is 0.184 e. The molecule has 0 aliphatic carbocycles. The zero-order valence-electron chi connectivity index (χ0n) is 9.05. The van der Waals surface area contributed by atoms with Crippen LogP contribution < -0.4 is 0 Å². The minimum atomic E-state index is 0.617. The molecule has 0 radical (unpaired) electrons. The molecule has 16 heavy (non-hydrogen) atoms. The van der Waals surface area contributed by atoms with Crippen LogP contribution >= 0.6 is 38.9 Å². The van der Waals surface area contributed by atoms with E-state index >= 15 is 0 Å². The SMILES string of the molecule is CCc1sc(Cl)nc1-c1cc(Br)ccc1C. The van der Waals surface area contributed by atoms with Crippen molar-refractivity contribution in [2.75, 3.05) is 0 Å². The van der Waals surface area contributed by atoms with E-state index in [2.05, 4.69) is 46.9 Å².